The number of hydrogen-bond donors (Lipinski definition) is 0. The van der Waals surface area contributed by atoms with Crippen LogP contribution >= 0.6 is 10.7 Å². The van der Waals surface area contributed by atoms with E-state index in [1.165, 1.54) is 0 Å². The number of para-hydroxylation sites is 1. The fourth-order valence-electron chi connectivity index (χ4n) is 2.22. The van der Waals surface area contributed by atoms with E-state index in [-0.39, 0.29) is 4.90 Å². The number of fused-ring (bicyclic) bond motifs is 1. The number of nitrogens with zero attached hydrogens (tertiary/aromatic N) is 1. The van der Waals surface area contributed by atoms with Crippen molar-refractivity contribution in [3.05, 3.63) is 30.0 Å². The van der Waals surface area contributed by atoms with E-state index in [4.69, 9.17) is 10.7 Å². The van der Waals surface area contributed by atoms with Gasteiger partial charge in [-0.1, -0.05) is 25.1 Å². The van der Waals surface area contributed by atoms with Crippen molar-refractivity contribution < 1.29 is 8.42 Å². The number of halogens is 1. The first kappa shape index (κ1) is 12.5. The maximum Gasteiger partial charge on any atom is 0.263 e. The molecule has 1 aromatic carbocycles. The van der Waals surface area contributed by atoms with Crippen LogP contribution in [0.4, 0.5) is 0 Å². The minimum atomic E-state index is -3.71. The first-order valence-electron chi connectivity index (χ1n) is 5.49. The zero-order chi connectivity index (χ0) is 12.6. The van der Waals surface area contributed by atoms with E-state index in [2.05, 4.69) is 6.92 Å². The average Bonchev–Trinajstić information content (AvgIpc) is 2.52. The van der Waals surface area contributed by atoms with E-state index in [0.29, 0.717) is 11.1 Å². The Kier molecular flexibility index (Phi) is 3.19. The third-order valence-electron chi connectivity index (χ3n) is 2.86. The summed E-state index contributed by atoms with van der Waals surface area (Å²) in [5, 5.41) is 0.702. The highest BCUT2D eigenvalue weighted by Crippen LogP contribution is 2.31. The van der Waals surface area contributed by atoms with E-state index >= 15 is 0 Å². The van der Waals surface area contributed by atoms with E-state index in [0.717, 1.165) is 18.5 Å². The molecule has 2 aromatic rings. The van der Waals surface area contributed by atoms with Crippen LogP contribution in [-0.4, -0.2) is 13.0 Å². The molecule has 17 heavy (non-hydrogen) atoms. The van der Waals surface area contributed by atoms with Crippen molar-refractivity contribution in [2.45, 2.75) is 31.7 Å². The molecule has 0 bridgehead atoms. The van der Waals surface area contributed by atoms with Crippen LogP contribution in [0.25, 0.3) is 10.9 Å². The van der Waals surface area contributed by atoms with Crippen molar-refractivity contribution in [1.29, 1.82) is 0 Å². The fourth-order valence-corrected chi connectivity index (χ4v) is 3.70. The molecule has 0 aliphatic heterocycles. The summed E-state index contributed by atoms with van der Waals surface area (Å²) in [6.45, 7) is 4.65. The molecule has 92 valence electrons. The Morgan fingerprint density at radius 2 is 1.94 bits per heavy atom. The topological polar surface area (TPSA) is 39.1 Å². The largest absolute Gasteiger partial charge is 0.343 e. The van der Waals surface area contributed by atoms with Gasteiger partial charge in [0, 0.05) is 33.8 Å². The van der Waals surface area contributed by atoms with Gasteiger partial charge in [-0.3, -0.25) is 0 Å². The van der Waals surface area contributed by atoms with Gasteiger partial charge >= 0.3 is 0 Å². The van der Waals surface area contributed by atoms with Crippen LogP contribution in [0.15, 0.2) is 29.2 Å². The van der Waals surface area contributed by atoms with E-state index in [1.54, 1.807) is 13.0 Å². The highest BCUT2D eigenvalue weighted by molar-refractivity contribution is 8.14. The fraction of sp³-hybridized carbons (Fsp3) is 0.333. The van der Waals surface area contributed by atoms with Crippen molar-refractivity contribution in [3.8, 4) is 0 Å². The van der Waals surface area contributed by atoms with Gasteiger partial charge in [0.05, 0.1) is 0 Å². The molecule has 2 rings (SSSR count). The maximum atomic E-state index is 11.6. The van der Waals surface area contributed by atoms with Crippen LogP contribution in [0.3, 0.4) is 0 Å². The highest BCUT2D eigenvalue weighted by atomic mass is 35.7. The third kappa shape index (κ3) is 2.07. The number of rotatable bonds is 3. The summed E-state index contributed by atoms with van der Waals surface area (Å²) in [4.78, 5) is 0.239. The Balaban J connectivity index is 2.89. The van der Waals surface area contributed by atoms with Gasteiger partial charge in [-0.05, 0) is 19.4 Å². The average molecular weight is 272 g/mol. The second-order valence-electron chi connectivity index (χ2n) is 4.02. The number of aryl methyl sites for hydroxylation is 1. The molecular weight excluding hydrogens is 258 g/mol. The minimum Gasteiger partial charge on any atom is -0.343 e. The molecule has 1 aromatic heterocycles. The summed E-state index contributed by atoms with van der Waals surface area (Å²) < 4.78 is 25.3. The van der Waals surface area contributed by atoms with Crippen LogP contribution in [0.5, 0.6) is 0 Å². The van der Waals surface area contributed by atoms with Crippen LogP contribution in [0.2, 0.25) is 0 Å². The Morgan fingerprint density at radius 1 is 1.29 bits per heavy atom. The SMILES string of the molecule is CCCn1c(C)c(S(=O)(=O)Cl)c2ccccc21. The molecule has 3 nitrogen and oxygen atoms in total. The summed E-state index contributed by atoms with van der Waals surface area (Å²) >= 11 is 0. The monoisotopic (exact) mass is 271 g/mol. The van der Waals surface area contributed by atoms with E-state index in [9.17, 15) is 8.42 Å². The molecule has 0 aliphatic carbocycles. The van der Waals surface area contributed by atoms with Crippen molar-refractivity contribution in [1.82, 2.24) is 4.57 Å². The zero-order valence-corrected chi connectivity index (χ0v) is 11.3. The second kappa shape index (κ2) is 4.35. The lowest BCUT2D eigenvalue weighted by molar-refractivity contribution is 0.607. The van der Waals surface area contributed by atoms with Gasteiger partial charge in [0.2, 0.25) is 0 Å². The molecule has 0 saturated carbocycles. The third-order valence-corrected chi connectivity index (χ3v) is 4.33. The normalized spacial score (nSPS) is 12.2. The van der Waals surface area contributed by atoms with E-state index < -0.39 is 9.05 Å². The van der Waals surface area contributed by atoms with Gasteiger partial charge < -0.3 is 4.57 Å². The maximum absolute atomic E-state index is 11.6. The Morgan fingerprint density at radius 3 is 2.53 bits per heavy atom. The zero-order valence-electron chi connectivity index (χ0n) is 9.77. The second-order valence-corrected chi connectivity index (χ2v) is 6.52. The summed E-state index contributed by atoms with van der Waals surface area (Å²) in [6.07, 6.45) is 0.946. The van der Waals surface area contributed by atoms with E-state index in [1.807, 2.05) is 22.8 Å². The number of aromatic nitrogens is 1. The first-order valence-corrected chi connectivity index (χ1v) is 7.80. The van der Waals surface area contributed by atoms with Gasteiger partial charge in [0.1, 0.15) is 4.90 Å². The molecule has 0 spiro atoms. The Labute approximate surface area is 105 Å². The highest BCUT2D eigenvalue weighted by Gasteiger charge is 2.22. The molecule has 0 aliphatic rings. The summed E-state index contributed by atoms with van der Waals surface area (Å²) in [5.74, 6) is 0. The summed E-state index contributed by atoms with van der Waals surface area (Å²) in [7, 11) is 1.81. The molecule has 0 amide bonds. The lowest BCUT2D eigenvalue weighted by Gasteiger charge is -2.05. The molecule has 0 unspecified atom stereocenters. The van der Waals surface area contributed by atoms with Gasteiger partial charge in [0.15, 0.2) is 0 Å². The molecule has 0 saturated heterocycles. The van der Waals surface area contributed by atoms with Gasteiger partial charge in [-0.15, -0.1) is 0 Å². The van der Waals surface area contributed by atoms with Crippen LogP contribution < -0.4 is 0 Å². The molecule has 5 heteroatoms. The van der Waals surface area contributed by atoms with Gasteiger partial charge in [-0.2, -0.15) is 0 Å². The van der Waals surface area contributed by atoms with Crippen molar-refractivity contribution in [2.24, 2.45) is 0 Å². The summed E-state index contributed by atoms with van der Waals surface area (Å²) in [6, 6.07) is 7.44. The molecule has 0 fully saturated rings. The Hall–Kier alpha value is -1.00. The minimum absolute atomic E-state index is 0.239. The quantitative estimate of drug-likeness (QED) is 0.804. The van der Waals surface area contributed by atoms with Gasteiger partial charge in [-0.25, -0.2) is 8.42 Å². The lowest BCUT2D eigenvalue weighted by atomic mass is 10.2. The van der Waals surface area contributed by atoms with Crippen molar-refractivity contribution >= 4 is 30.6 Å². The summed E-state index contributed by atoms with van der Waals surface area (Å²) in [5.41, 5.74) is 1.63. The predicted molar refractivity (Wildman–Crippen MR) is 70.0 cm³/mol. The lowest BCUT2D eigenvalue weighted by Crippen LogP contribution is -2.00. The Bertz CT molecular complexity index is 658. The number of hydrogen-bond acceptors (Lipinski definition) is 2. The van der Waals surface area contributed by atoms with Crippen LogP contribution in [-0.2, 0) is 15.6 Å². The first-order chi connectivity index (χ1) is 7.96. The molecular formula is C12H14ClNO2S. The predicted octanol–water partition coefficient (Wildman–Crippen LogP) is 3.29. The van der Waals surface area contributed by atoms with Crippen molar-refractivity contribution in [2.75, 3.05) is 0 Å². The standard InChI is InChI=1S/C12H14ClNO2S/c1-3-8-14-9(2)12(17(13,15)16)10-6-4-5-7-11(10)14/h4-7H,3,8H2,1-2H3. The van der Waals surface area contributed by atoms with Gasteiger partial charge in [0.25, 0.3) is 9.05 Å². The van der Waals surface area contributed by atoms with Crippen molar-refractivity contribution in [3.63, 3.8) is 0 Å². The molecule has 0 radical (unpaired) electrons. The molecule has 0 N–H and O–H groups in total. The van der Waals surface area contributed by atoms with Crippen LogP contribution in [0, 0.1) is 6.92 Å². The smallest absolute Gasteiger partial charge is 0.263 e. The molecule has 1 heterocycles. The van der Waals surface area contributed by atoms with Crippen LogP contribution in [0.1, 0.15) is 19.0 Å². The number of benzene rings is 1. The molecule has 0 atom stereocenters.